The summed E-state index contributed by atoms with van der Waals surface area (Å²) >= 11 is 0. The predicted octanol–water partition coefficient (Wildman–Crippen LogP) is 0.941. The quantitative estimate of drug-likeness (QED) is 0.579. The van der Waals surface area contributed by atoms with Gasteiger partial charge in [0.2, 0.25) is 5.91 Å². The summed E-state index contributed by atoms with van der Waals surface area (Å²) in [7, 11) is 0. The van der Waals surface area contributed by atoms with Crippen molar-refractivity contribution < 1.29 is 19.5 Å². The molecule has 21 heavy (non-hydrogen) atoms. The Morgan fingerprint density at radius 2 is 1.95 bits per heavy atom. The van der Waals surface area contributed by atoms with Crippen LogP contribution < -0.4 is 10.6 Å². The zero-order valence-corrected chi connectivity index (χ0v) is 12.6. The smallest absolute Gasteiger partial charge is 0.321 e. The lowest BCUT2D eigenvalue weighted by Crippen LogP contribution is -2.45. The fourth-order valence-electron chi connectivity index (χ4n) is 2.55. The van der Waals surface area contributed by atoms with Gasteiger partial charge in [0, 0.05) is 25.4 Å². The first-order chi connectivity index (χ1) is 10.0. The van der Waals surface area contributed by atoms with Crippen LogP contribution in [-0.4, -0.2) is 53.6 Å². The molecule has 1 heterocycles. The fourth-order valence-corrected chi connectivity index (χ4v) is 2.55. The van der Waals surface area contributed by atoms with Gasteiger partial charge in [0.25, 0.3) is 0 Å². The van der Waals surface area contributed by atoms with Crippen molar-refractivity contribution in [2.75, 3.05) is 19.6 Å². The number of hydrogen-bond donors (Lipinski definition) is 3. The number of likely N-dealkylation sites (tertiary alicyclic amines) is 1. The number of rotatable bonds is 8. The normalized spacial score (nSPS) is 18.4. The van der Waals surface area contributed by atoms with Crippen molar-refractivity contribution in [1.82, 2.24) is 15.5 Å². The molecule has 1 rings (SSSR count). The monoisotopic (exact) mass is 299 g/mol. The van der Waals surface area contributed by atoms with Crippen LogP contribution in [0, 0.1) is 0 Å². The van der Waals surface area contributed by atoms with Crippen LogP contribution in [-0.2, 0) is 9.59 Å². The Morgan fingerprint density at radius 1 is 1.24 bits per heavy atom. The highest BCUT2D eigenvalue weighted by molar-refractivity contribution is 5.94. The minimum absolute atomic E-state index is 0.0496. The summed E-state index contributed by atoms with van der Waals surface area (Å²) in [5, 5.41) is 13.5. The minimum atomic E-state index is -0.870. The molecule has 0 saturated carbocycles. The van der Waals surface area contributed by atoms with Crippen LogP contribution in [0.5, 0.6) is 0 Å². The van der Waals surface area contributed by atoms with Crippen molar-refractivity contribution in [2.45, 2.75) is 51.5 Å². The highest BCUT2D eigenvalue weighted by Gasteiger charge is 2.23. The summed E-state index contributed by atoms with van der Waals surface area (Å²) < 4.78 is 0. The second-order valence-electron chi connectivity index (χ2n) is 5.28. The van der Waals surface area contributed by atoms with E-state index in [4.69, 9.17) is 5.11 Å². The first-order valence-corrected chi connectivity index (χ1v) is 7.56. The molecule has 0 aromatic rings. The number of carbonyl (C=O) groups is 3. The maximum Gasteiger partial charge on any atom is 0.321 e. The first-order valence-electron chi connectivity index (χ1n) is 7.56. The largest absolute Gasteiger partial charge is 0.481 e. The number of nitrogens with one attached hydrogen (secondary N) is 2. The average Bonchev–Trinajstić information content (AvgIpc) is 2.88. The number of unbranched alkanes of at least 4 members (excludes halogenated alkanes) is 1. The number of hydrogen-bond acceptors (Lipinski definition) is 4. The van der Waals surface area contributed by atoms with Crippen LogP contribution in [0.15, 0.2) is 0 Å². The van der Waals surface area contributed by atoms with Gasteiger partial charge in [-0.3, -0.25) is 19.8 Å². The molecule has 3 N–H and O–H groups in total. The molecular weight excluding hydrogens is 274 g/mol. The zero-order valence-electron chi connectivity index (χ0n) is 12.6. The molecule has 0 radical (unpaired) electrons. The second kappa shape index (κ2) is 9.33. The van der Waals surface area contributed by atoms with E-state index in [0.29, 0.717) is 25.4 Å². The van der Waals surface area contributed by atoms with Crippen LogP contribution in [0.1, 0.15) is 45.4 Å². The number of carboxylic acid groups (broad SMARTS) is 1. The number of likely N-dealkylation sites (N-methyl/N-ethyl adjacent to an activating group) is 1. The van der Waals surface area contributed by atoms with Crippen LogP contribution in [0.25, 0.3) is 0 Å². The lowest BCUT2D eigenvalue weighted by molar-refractivity contribution is -0.137. The Morgan fingerprint density at radius 3 is 2.62 bits per heavy atom. The highest BCUT2D eigenvalue weighted by Crippen LogP contribution is 2.15. The predicted molar refractivity (Wildman–Crippen MR) is 77.9 cm³/mol. The van der Waals surface area contributed by atoms with E-state index in [2.05, 4.69) is 22.5 Å². The molecule has 120 valence electrons. The molecular formula is C14H25N3O4. The van der Waals surface area contributed by atoms with Crippen LogP contribution in [0.3, 0.4) is 0 Å². The van der Waals surface area contributed by atoms with Crippen molar-refractivity contribution >= 4 is 17.9 Å². The number of nitrogens with zero attached hydrogens (tertiary/aromatic N) is 1. The van der Waals surface area contributed by atoms with Gasteiger partial charge in [-0.1, -0.05) is 6.92 Å². The maximum atomic E-state index is 11.6. The Labute approximate surface area is 125 Å². The van der Waals surface area contributed by atoms with Gasteiger partial charge < -0.3 is 10.4 Å². The molecule has 0 aromatic carbocycles. The van der Waals surface area contributed by atoms with Gasteiger partial charge in [0.15, 0.2) is 0 Å². The zero-order chi connectivity index (χ0) is 15.7. The first kappa shape index (κ1) is 17.4. The SMILES string of the molecule is CCN1CCCC1CNC(=O)NC(=O)CCCCC(=O)O. The lowest BCUT2D eigenvalue weighted by Gasteiger charge is -2.22. The van der Waals surface area contributed by atoms with E-state index in [1.165, 1.54) is 0 Å². The van der Waals surface area contributed by atoms with Gasteiger partial charge in [0.1, 0.15) is 0 Å². The standard InChI is InChI=1S/C14H25N3O4/c1-2-17-9-5-6-11(17)10-15-14(21)16-12(18)7-3-4-8-13(19)20/h11H,2-10H2,1H3,(H,19,20)(H2,15,16,18,21). The third kappa shape index (κ3) is 7.08. The van der Waals surface area contributed by atoms with Crippen molar-refractivity contribution in [1.29, 1.82) is 0 Å². The molecule has 1 saturated heterocycles. The summed E-state index contributed by atoms with van der Waals surface area (Å²) in [5.41, 5.74) is 0. The number of imide groups is 1. The Bertz CT molecular complexity index is 373. The van der Waals surface area contributed by atoms with Gasteiger partial charge in [-0.15, -0.1) is 0 Å². The summed E-state index contributed by atoms with van der Waals surface area (Å²) in [4.78, 5) is 35.7. The summed E-state index contributed by atoms with van der Waals surface area (Å²) in [6.07, 6.45) is 3.34. The van der Waals surface area contributed by atoms with E-state index < -0.39 is 12.0 Å². The Hall–Kier alpha value is -1.63. The van der Waals surface area contributed by atoms with E-state index in [-0.39, 0.29) is 18.7 Å². The van der Waals surface area contributed by atoms with E-state index in [1.807, 2.05) is 0 Å². The van der Waals surface area contributed by atoms with Crippen molar-refractivity contribution in [3.63, 3.8) is 0 Å². The van der Waals surface area contributed by atoms with Gasteiger partial charge in [-0.2, -0.15) is 0 Å². The molecule has 0 spiro atoms. The molecule has 1 atom stereocenters. The number of aliphatic carboxylic acids is 1. The summed E-state index contributed by atoms with van der Waals surface area (Å²) in [6, 6.07) is -0.118. The third-order valence-electron chi connectivity index (χ3n) is 3.70. The van der Waals surface area contributed by atoms with Gasteiger partial charge >= 0.3 is 12.0 Å². The summed E-state index contributed by atoms with van der Waals surface area (Å²) in [6.45, 7) is 4.68. The Kier molecular flexibility index (Phi) is 7.74. The van der Waals surface area contributed by atoms with Gasteiger partial charge in [0.05, 0.1) is 0 Å². The topological polar surface area (TPSA) is 98.7 Å². The van der Waals surface area contributed by atoms with Crippen LogP contribution in [0.2, 0.25) is 0 Å². The van der Waals surface area contributed by atoms with Crippen molar-refractivity contribution in [3.8, 4) is 0 Å². The lowest BCUT2D eigenvalue weighted by atomic mass is 10.2. The van der Waals surface area contributed by atoms with Crippen molar-refractivity contribution in [2.24, 2.45) is 0 Å². The second-order valence-corrected chi connectivity index (χ2v) is 5.28. The van der Waals surface area contributed by atoms with Gasteiger partial charge in [-0.05, 0) is 38.8 Å². The van der Waals surface area contributed by atoms with Crippen molar-refractivity contribution in [3.05, 3.63) is 0 Å². The molecule has 1 unspecified atom stereocenters. The molecule has 0 aliphatic carbocycles. The number of urea groups is 1. The summed E-state index contributed by atoms with van der Waals surface area (Å²) in [5.74, 6) is -1.23. The molecule has 7 heteroatoms. The maximum absolute atomic E-state index is 11.6. The minimum Gasteiger partial charge on any atom is -0.481 e. The van der Waals surface area contributed by atoms with E-state index in [1.54, 1.807) is 0 Å². The number of carbonyl (C=O) groups excluding carboxylic acids is 2. The molecule has 3 amide bonds. The van der Waals surface area contributed by atoms with E-state index in [0.717, 1.165) is 25.9 Å². The molecule has 1 fully saturated rings. The molecule has 0 bridgehead atoms. The molecule has 0 aromatic heterocycles. The number of carboxylic acids is 1. The van der Waals surface area contributed by atoms with Crippen LogP contribution >= 0.6 is 0 Å². The number of amides is 3. The van der Waals surface area contributed by atoms with Gasteiger partial charge in [-0.25, -0.2) is 4.79 Å². The molecule has 1 aliphatic heterocycles. The molecule has 1 aliphatic rings. The Balaban J connectivity index is 2.12. The average molecular weight is 299 g/mol. The third-order valence-corrected chi connectivity index (χ3v) is 3.70. The van der Waals surface area contributed by atoms with E-state index >= 15 is 0 Å². The van der Waals surface area contributed by atoms with E-state index in [9.17, 15) is 14.4 Å². The highest BCUT2D eigenvalue weighted by atomic mass is 16.4. The van der Waals surface area contributed by atoms with Crippen LogP contribution in [0.4, 0.5) is 4.79 Å². The fraction of sp³-hybridized carbons (Fsp3) is 0.786. The molecule has 7 nitrogen and oxygen atoms in total.